The van der Waals surface area contributed by atoms with E-state index in [1.165, 1.54) is 37.5 Å². The van der Waals surface area contributed by atoms with Crippen LogP contribution >= 0.6 is 0 Å². The monoisotopic (exact) mass is 182 g/mol. The molecule has 0 saturated carbocycles. The quantitative estimate of drug-likeness (QED) is 0.495. The predicted octanol–water partition coefficient (Wildman–Crippen LogP) is 2.69. The van der Waals surface area contributed by atoms with E-state index in [9.17, 15) is 4.79 Å². The number of allylic oxidation sites excluding steroid dienone is 2. The maximum Gasteiger partial charge on any atom is 0.308 e. The zero-order valence-corrected chi connectivity index (χ0v) is 8.72. The SMILES string of the molecule is COC(=O)[C@@H](C)CC1=C(C)CCC1. The highest BCUT2D eigenvalue weighted by molar-refractivity contribution is 5.72. The zero-order valence-electron chi connectivity index (χ0n) is 8.72. The van der Waals surface area contributed by atoms with Crippen LogP contribution in [-0.2, 0) is 9.53 Å². The van der Waals surface area contributed by atoms with Gasteiger partial charge in [0.1, 0.15) is 0 Å². The van der Waals surface area contributed by atoms with E-state index < -0.39 is 0 Å². The summed E-state index contributed by atoms with van der Waals surface area (Å²) >= 11 is 0. The molecule has 0 saturated heterocycles. The van der Waals surface area contributed by atoms with E-state index in [1.807, 2.05) is 6.92 Å². The minimum Gasteiger partial charge on any atom is -0.469 e. The van der Waals surface area contributed by atoms with Crippen molar-refractivity contribution in [2.45, 2.75) is 39.5 Å². The number of hydrogen-bond acceptors (Lipinski definition) is 2. The number of ether oxygens (including phenoxy) is 1. The fourth-order valence-electron chi connectivity index (χ4n) is 1.89. The third-order valence-corrected chi connectivity index (χ3v) is 2.79. The Morgan fingerprint density at radius 2 is 2.23 bits per heavy atom. The van der Waals surface area contributed by atoms with Gasteiger partial charge in [0.05, 0.1) is 13.0 Å². The molecule has 0 amide bonds. The van der Waals surface area contributed by atoms with Crippen LogP contribution in [0.4, 0.5) is 0 Å². The average molecular weight is 182 g/mol. The fourth-order valence-corrected chi connectivity index (χ4v) is 1.89. The van der Waals surface area contributed by atoms with E-state index >= 15 is 0 Å². The molecule has 2 nitrogen and oxygen atoms in total. The molecule has 0 radical (unpaired) electrons. The van der Waals surface area contributed by atoms with E-state index in [2.05, 4.69) is 6.92 Å². The maximum atomic E-state index is 11.2. The number of hydrogen-bond donors (Lipinski definition) is 0. The molecule has 0 aliphatic heterocycles. The van der Waals surface area contributed by atoms with Crippen LogP contribution in [-0.4, -0.2) is 13.1 Å². The molecular weight excluding hydrogens is 164 g/mol. The highest BCUT2D eigenvalue weighted by atomic mass is 16.5. The van der Waals surface area contributed by atoms with Gasteiger partial charge >= 0.3 is 5.97 Å². The highest BCUT2D eigenvalue weighted by Crippen LogP contribution is 2.30. The van der Waals surface area contributed by atoms with Crippen LogP contribution in [0.25, 0.3) is 0 Å². The molecule has 2 heteroatoms. The van der Waals surface area contributed by atoms with Gasteiger partial charge in [-0.3, -0.25) is 4.79 Å². The van der Waals surface area contributed by atoms with E-state index in [4.69, 9.17) is 4.74 Å². The maximum absolute atomic E-state index is 11.2. The topological polar surface area (TPSA) is 26.3 Å². The average Bonchev–Trinajstić information content (AvgIpc) is 2.50. The van der Waals surface area contributed by atoms with Gasteiger partial charge in [-0.2, -0.15) is 0 Å². The molecule has 0 heterocycles. The summed E-state index contributed by atoms with van der Waals surface area (Å²) in [4.78, 5) is 11.2. The Morgan fingerprint density at radius 3 is 2.69 bits per heavy atom. The normalized spacial score (nSPS) is 19.0. The van der Waals surface area contributed by atoms with E-state index in [0.29, 0.717) is 0 Å². The van der Waals surface area contributed by atoms with Gasteiger partial charge < -0.3 is 4.74 Å². The smallest absolute Gasteiger partial charge is 0.308 e. The van der Waals surface area contributed by atoms with Crippen LogP contribution in [0.5, 0.6) is 0 Å². The van der Waals surface area contributed by atoms with Crippen LogP contribution in [0.2, 0.25) is 0 Å². The molecule has 13 heavy (non-hydrogen) atoms. The lowest BCUT2D eigenvalue weighted by Crippen LogP contribution is -2.13. The lowest BCUT2D eigenvalue weighted by molar-refractivity contribution is -0.144. The minimum atomic E-state index is -0.0906. The molecule has 1 aliphatic rings. The van der Waals surface area contributed by atoms with Gasteiger partial charge in [-0.1, -0.05) is 18.1 Å². The van der Waals surface area contributed by atoms with E-state index in [1.54, 1.807) is 0 Å². The third-order valence-electron chi connectivity index (χ3n) is 2.79. The Bertz CT molecular complexity index is 228. The fraction of sp³-hybridized carbons (Fsp3) is 0.727. The van der Waals surface area contributed by atoms with Crippen molar-refractivity contribution in [3.05, 3.63) is 11.1 Å². The highest BCUT2D eigenvalue weighted by Gasteiger charge is 2.18. The first-order valence-electron chi connectivity index (χ1n) is 4.90. The summed E-state index contributed by atoms with van der Waals surface area (Å²) in [6, 6.07) is 0. The third kappa shape index (κ3) is 2.58. The first-order chi connectivity index (χ1) is 6.15. The van der Waals surface area contributed by atoms with Crippen molar-refractivity contribution < 1.29 is 9.53 Å². The molecule has 0 aromatic rings. The molecule has 74 valence electrons. The van der Waals surface area contributed by atoms with Crippen molar-refractivity contribution >= 4 is 5.97 Å². The second kappa shape index (κ2) is 4.45. The second-order valence-electron chi connectivity index (χ2n) is 3.87. The summed E-state index contributed by atoms with van der Waals surface area (Å²) < 4.78 is 4.70. The molecule has 1 aliphatic carbocycles. The second-order valence-corrected chi connectivity index (χ2v) is 3.87. The molecule has 1 atom stereocenters. The predicted molar refractivity (Wildman–Crippen MR) is 52.3 cm³/mol. The van der Waals surface area contributed by atoms with Crippen molar-refractivity contribution in [2.75, 3.05) is 7.11 Å². The van der Waals surface area contributed by atoms with Crippen molar-refractivity contribution in [1.29, 1.82) is 0 Å². The van der Waals surface area contributed by atoms with Crippen LogP contribution in [0.1, 0.15) is 39.5 Å². The van der Waals surface area contributed by atoms with Crippen molar-refractivity contribution in [2.24, 2.45) is 5.92 Å². The Morgan fingerprint density at radius 1 is 1.54 bits per heavy atom. The Labute approximate surface area is 80.0 Å². The summed E-state index contributed by atoms with van der Waals surface area (Å²) in [5, 5.41) is 0. The van der Waals surface area contributed by atoms with Crippen molar-refractivity contribution in [3.63, 3.8) is 0 Å². The van der Waals surface area contributed by atoms with Crippen molar-refractivity contribution in [1.82, 2.24) is 0 Å². The van der Waals surface area contributed by atoms with Gasteiger partial charge in [-0.05, 0) is 32.6 Å². The van der Waals surface area contributed by atoms with Gasteiger partial charge in [-0.15, -0.1) is 0 Å². The Balaban J connectivity index is 2.48. The zero-order chi connectivity index (χ0) is 9.84. The van der Waals surface area contributed by atoms with Gasteiger partial charge in [0.25, 0.3) is 0 Å². The molecule has 0 bridgehead atoms. The lowest BCUT2D eigenvalue weighted by atomic mass is 9.99. The molecule has 0 aromatic heterocycles. The number of methoxy groups -OCH3 is 1. The van der Waals surface area contributed by atoms with Crippen LogP contribution < -0.4 is 0 Å². The first kappa shape index (κ1) is 10.3. The molecule has 1 rings (SSSR count). The standard InChI is InChI=1S/C11H18O2/c1-8-5-4-6-10(8)7-9(2)11(12)13-3/h9H,4-7H2,1-3H3/t9-/m0/s1. The van der Waals surface area contributed by atoms with E-state index in [-0.39, 0.29) is 11.9 Å². The van der Waals surface area contributed by atoms with E-state index in [0.717, 1.165) is 6.42 Å². The van der Waals surface area contributed by atoms with Gasteiger partial charge in [-0.25, -0.2) is 0 Å². The molecule has 0 aromatic carbocycles. The number of carbonyl (C=O) groups is 1. The summed E-state index contributed by atoms with van der Waals surface area (Å²) in [6.07, 6.45) is 4.53. The Hall–Kier alpha value is -0.790. The van der Waals surface area contributed by atoms with Crippen LogP contribution in [0.15, 0.2) is 11.1 Å². The molecule has 0 fully saturated rings. The number of esters is 1. The van der Waals surface area contributed by atoms with Gasteiger partial charge in [0.2, 0.25) is 0 Å². The number of carbonyl (C=O) groups excluding carboxylic acids is 1. The minimum absolute atomic E-state index is 0.0213. The summed E-state index contributed by atoms with van der Waals surface area (Å²) in [5.74, 6) is -0.0692. The summed E-state index contributed by atoms with van der Waals surface area (Å²) in [5.41, 5.74) is 2.95. The molecule has 0 spiro atoms. The van der Waals surface area contributed by atoms with Gasteiger partial charge in [0.15, 0.2) is 0 Å². The molecular formula is C11H18O2. The number of rotatable bonds is 3. The molecule has 0 N–H and O–H groups in total. The van der Waals surface area contributed by atoms with Gasteiger partial charge in [0, 0.05) is 0 Å². The molecule has 0 unspecified atom stereocenters. The summed E-state index contributed by atoms with van der Waals surface area (Å²) in [6.45, 7) is 4.11. The largest absolute Gasteiger partial charge is 0.469 e. The first-order valence-corrected chi connectivity index (χ1v) is 4.90. The summed E-state index contributed by atoms with van der Waals surface area (Å²) in [7, 11) is 1.45. The Kier molecular flexibility index (Phi) is 3.52. The van der Waals surface area contributed by atoms with Crippen LogP contribution in [0, 0.1) is 5.92 Å². The van der Waals surface area contributed by atoms with Crippen LogP contribution in [0.3, 0.4) is 0 Å². The lowest BCUT2D eigenvalue weighted by Gasteiger charge is -2.10. The van der Waals surface area contributed by atoms with Crippen molar-refractivity contribution in [3.8, 4) is 0 Å².